The molecule has 0 N–H and O–H groups in total. The zero-order chi connectivity index (χ0) is 10.6. The molecule has 0 aliphatic heterocycles. The molecule has 1 heterocycles. The van der Waals surface area contributed by atoms with E-state index in [0.717, 1.165) is 0 Å². The Morgan fingerprint density at radius 3 is 3.14 bits per heavy atom. The highest BCUT2D eigenvalue weighted by Gasteiger charge is 2.11. The number of aromatic nitrogens is 2. The SMILES string of the molecule is [C-]#[N+]Cc1cc(Br)nn1CC(=O)OC. The Morgan fingerprint density at radius 1 is 1.86 bits per heavy atom. The van der Waals surface area contributed by atoms with E-state index in [1.54, 1.807) is 6.07 Å². The molecule has 0 spiro atoms. The van der Waals surface area contributed by atoms with E-state index >= 15 is 0 Å². The predicted octanol–water partition coefficient (Wildman–Crippen LogP) is 1.24. The van der Waals surface area contributed by atoms with Crippen LogP contribution in [0, 0.1) is 6.57 Å². The molecule has 74 valence electrons. The number of hydrogen-bond donors (Lipinski definition) is 0. The van der Waals surface area contributed by atoms with Crippen LogP contribution >= 0.6 is 15.9 Å². The van der Waals surface area contributed by atoms with Crippen molar-refractivity contribution in [2.75, 3.05) is 7.11 Å². The molecule has 0 saturated carbocycles. The quantitative estimate of drug-likeness (QED) is 0.605. The van der Waals surface area contributed by atoms with Gasteiger partial charge in [-0.2, -0.15) is 5.10 Å². The highest BCUT2D eigenvalue weighted by Crippen LogP contribution is 2.11. The second-order valence-corrected chi connectivity index (χ2v) is 3.32. The van der Waals surface area contributed by atoms with E-state index in [4.69, 9.17) is 6.57 Å². The lowest BCUT2D eigenvalue weighted by Crippen LogP contribution is -2.14. The number of hydrogen-bond acceptors (Lipinski definition) is 3. The van der Waals surface area contributed by atoms with Crippen LogP contribution in [0.3, 0.4) is 0 Å². The average molecular weight is 258 g/mol. The van der Waals surface area contributed by atoms with Crippen molar-refractivity contribution in [1.82, 2.24) is 9.78 Å². The van der Waals surface area contributed by atoms with Gasteiger partial charge in [-0.15, -0.1) is 0 Å². The molecule has 0 bridgehead atoms. The van der Waals surface area contributed by atoms with Gasteiger partial charge in [0.15, 0.2) is 0 Å². The first kappa shape index (κ1) is 10.7. The summed E-state index contributed by atoms with van der Waals surface area (Å²) in [4.78, 5) is 14.2. The molecule has 0 radical (unpaired) electrons. The number of methoxy groups -OCH3 is 1. The molecule has 0 unspecified atom stereocenters. The maximum atomic E-state index is 11.0. The number of halogens is 1. The Morgan fingerprint density at radius 2 is 2.57 bits per heavy atom. The highest BCUT2D eigenvalue weighted by atomic mass is 79.9. The minimum absolute atomic E-state index is 0.0347. The minimum Gasteiger partial charge on any atom is -0.468 e. The van der Waals surface area contributed by atoms with E-state index in [9.17, 15) is 4.79 Å². The molecule has 14 heavy (non-hydrogen) atoms. The van der Waals surface area contributed by atoms with Crippen LogP contribution in [0.25, 0.3) is 4.85 Å². The first-order valence-corrected chi connectivity index (χ1v) is 4.59. The fourth-order valence-electron chi connectivity index (χ4n) is 0.952. The van der Waals surface area contributed by atoms with Gasteiger partial charge in [0.1, 0.15) is 16.8 Å². The van der Waals surface area contributed by atoms with Gasteiger partial charge in [0.25, 0.3) is 6.54 Å². The molecule has 1 rings (SSSR count). The molecule has 1 aromatic heterocycles. The molecule has 0 aromatic carbocycles. The molecule has 0 aliphatic rings. The maximum absolute atomic E-state index is 11.0. The molecular formula is C8H8BrN3O2. The summed E-state index contributed by atoms with van der Waals surface area (Å²) in [5, 5.41) is 4.01. The summed E-state index contributed by atoms with van der Waals surface area (Å²) in [7, 11) is 1.31. The summed E-state index contributed by atoms with van der Waals surface area (Å²) >= 11 is 3.18. The van der Waals surface area contributed by atoms with Crippen molar-refractivity contribution in [2.45, 2.75) is 13.1 Å². The van der Waals surface area contributed by atoms with Crippen LogP contribution < -0.4 is 0 Å². The van der Waals surface area contributed by atoms with Gasteiger partial charge >= 0.3 is 5.97 Å². The Labute approximate surface area is 89.6 Å². The molecule has 6 heteroatoms. The van der Waals surface area contributed by atoms with Crippen molar-refractivity contribution in [1.29, 1.82) is 0 Å². The number of nitrogens with zero attached hydrogens (tertiary/aromatic N) is 3. The van der Waals surface area contributed by atoms with Crippen molar-refractivity contribution in [3.05, 3.63) is 27.8 Å². The van der Waals surface area contributed by atoms with Crippen molar-refractivity contribution in [3.63, 3.8) is 0 Å². The maximum Gasteiger partial charge on any atom is 0.327 e. The van der Waals surface area contributed by atoms with Gasteiger partial charge in [-0.3, -0.25) is 4.79 Å². The Balaban J connectivity index is 2.85. The Bertz CT molecular complexity index is 380. The molecule has 0 aliphatic carbocycles. The third kappa shape index (κ3) is 2.57. The number of carbonyl (C=O) groups is 1. The van der Waals surface area contributed by atoms with Crippen molar-refractivity contribution >= 4 is 21.9 Å². The van der Waals surface area contributed by atoms with E-state index < -0.39 is 0 Å². The van der Waals surface area contributed by atoms with E-state index in [2.05, 4.69) is 30.6 Å². The lowest BCUT2D eigenvalue weighted by molar-refractivity contribution is -0.141. The van der Waals surface area contributed by atoms with Crippen LogP contribution in [0.4, 0.5) is 0 Å². The second-order valence-electron chi connectivity index (χ2n) is 2.51. The van der Waals surface area contributed by atoms with Gasteiger partial charge in [0.2, 0.25) is 0 Å². The highest BCUT2D eigenvalue weighted by molar-refractivity contribution is 9.10. The van der Waals surface area contributed by atoms with E-state index in [-0.39, 0.29) is 19.1 Å². The van der Waals surface area contributed by atoms with Crippen molar-refractivity contribution in [2.24, 2.45) is 0 Å². The third-order valence-electron chi connectivity index (χ3n) is 1.58. The van der Waals surface area contributed by atoms with Gasteiger partial charge in [-0.05, 0) is 15.9 Å². The fourth-order valence-corrected chi connectivity index (χ4v) is 1.41. The normalized spacial score (nSPS) is 9.50. The smallest absolute Gasteiger partial charge is 0.327 e. The summed E-state index contributed by atoms with van der Waals surface area (Å²) in [6.45, 7) is 6.96. The monoisotopic (exact) mass is 257 g/mol. The molecule has 0 atom stereocenters. The lowest BCUT2D eigenvalue weighted by Gasteiger charge is -2.01. The topological polar surface area (TPSA) is 48.5 Å². The number of rotatable bonds is 3. The second kappa shape index (κ2) is 4.77. The largest absolute Gasteiger partial charge is 0.468 e. The van der Waals surface area contributed by atoms with Crippen LogP contribution in [0.15, 0.2) is 10.7 Å². The Kier molecular flexibility index (Phi) is 3.65. The number of carbonyl (C=O) groups excluding carboxylic acids is 1. The van der Waals surface area contributed by atoms with Crippen LogP contribution in [-0.4, -0.2) is 22.9 Å². The van der Waals surface area contributed by atoms with Crippen LogP contribution in [0.1, 0.15) is 5.69 Å². The van der Waals surface area contributed by atoms with Crippen LogP contribution in [0.5, 0.6) is 0 Å². The van der Waals surface area contributed by atoms with Gasteiger partial charge < -0.3 is 9.58 Å². The van der Waals surface area contributed by atoms with Gasteiger partial charge in [-0.1, -0.05) is 0 Å². The summed E-state index contributed by atoms with van der Waals surface area (Å²) in [5.41, 5.74) is 0.692. The molecule has 0 amide bonds. The van der Waals surface area contributed by atoms with E-state index in [1.165, 1.54) is 11.8 Å². The van der Waals surface area contributed by atoms with Crippen LogP contribution in [-0.2, 0) is 22.6 Å². The first-order valence-electron chi connectivity index (χ1n) is 3.79. The predicted molar refractivity (Wildman–Crippen MR) is 52.2 cm³/mol. The van der Waals surface area contributed by atoms with Gasteiger partial charge in [0.05, 0.1) is 7.11 Å². The van der Waals surface area contributed by atoms with E-state index in [0.29, 0.717) is 10.3 Å². The average Bonchev–Trinajstić information content (AvgIpc) is 2.47. The number of ether oxygens (including phenoxy) is 1. The summed E-state index contributed by atoms with van der Waals surface area (Å²) in [5.74, 6) is -0.383. The summed E-state index contributed by atoms with van der Waals surface area (Å²) in [6.07, 6.45) is 0. The minimum atomic E-state index is -0.383. The zero-order valence-corrected chi connectivity index (χ0v) is 9.11. The van der Waals surface area contributed by atoms with E-state index in [1.807, 2.05) is 0 Å². The summed E-state index contributed by atoms with van der Waals surface area (Å²) < 4.78 is 6.57. The first-order chi connectivity index (χ1) is 6.67. The molecule has 0 saturated heterocycles. The Hall–Kier alpha value is -1.35. The standard InChI is InChI=1S/C8H8BrN3O2/c1-10-4-6-3-7(9)11-12(6)5-8(13)14-2/h3H,4-5H2,2H3. The van der Waals surface area contributed by atoms with Crippen molar-refractivity contribution < 1.29 is 9.53 Å². The van der Waals surface area contributed by atoms with Gasteiger partial charge in [0, 0.05) is 6.07 Å². The molecular weight excluding hydrogens is 250 g/mol. The summed E-state index contributed by atoms with van der Waals surface area (Å²) in [6, 6.07) is 1.71. The fraction of sp³-hybridized carbons (Fsp3) is 0.375. The van der Waals surface area contributed by atoms with Crippen molar-refractivity contribution in [3.8, 4) is 0 Å². The molecule has 1 aromatic rings. The lowest BCUT2D eigenvalue weighted by atomic mass is 10.4. The zero-order valence-electron chi connectivity index (χ0n) is 7.53. The third-order valence-corrected chi connectivity index (χ3v) is 1.97. The van der Waals surface area contributed by atoms with Gasteiger partial charge in [-0.25, -0.2) is 11.3 Å². The molecule has 0 fully saturated rings. The van der Waals surface area contributed by atoms with Crippen LogP contribution in [0.2, 0.25) is 0 Å². The molecule has 5 nitrogen and oxygen atoms in total. The number of esters is 1.